The molecular weight excluding hydrogens is 896 g/mol. The fourth-order valence-corrected chi connectivity index (χ4v) is 3.60. The molecule has 0 aromatic carbocycles. The van der Waals surface area contributed by atoms with Gasteiger partial charge in [-0.25, -0.2) is 19.1 Å². The molecule has 15 heteroatoms. The van der Waals surface area contributed by atoms with Gasteiger partial charge in [-0.2, -0.15) is 9.13 Å². The van der Waals surface area contributed by atoms with E-state index in [0.717, 1.165) is 60.6 Å². The zero-order valence-electron chi connectivity index (χ0n) is 22.0. The number of halogens is 6. The van der Waals surface area contributed by atoms with Gasteiger partial charge < -0.3 is 48.2 Å². The fourth-order valence-electron chi connectivity index (χ4n) is 2.78. The van der Waals surface area contributed by atoms with Crippen molar-refractivity contribution in [2.75, 3.05) is 27.9 Å². The molecule has 0 saturated carbocycles. The second-order valence-electron chi connectivity index (χ2n) is 7.60. The first-order valence-electron chi connectivity index (χ1n) is 12.0. The molecule has 4 rings (SSSR count). The predicted molar refractivity (Wildman–Crippen MR) is 162 cm³/mol. The summed E-state index contributed by atoms with van der Waals surface area (Å²) < 4.78 is 12.6. The van der Waals surface area contributed by atoms with Gasteiger partial charge in [-0.1, -0.05) is 77.1 Å². The Hall–Kier alpha value is -0.320. The molecule has 0 aliphatic heterocycles. The summed E-state index contributed by atoms with van der Waals surface area (Å²) in [6, 6.07) is 0. The molecule has 222 valence electrons. The molecule has 0 spiro atoms. The van der Waals surface area contributed by atoms with Crippen molar-refractivity contribution in [2.45, 2.75) is 46.2 Å². The minimum atomic E-state index is 0. The van der Waals surface area contributed by atoms with Crippen LogP contribution in [0.1, 0.15) is 19.8 Å². The highest BCUT2D eigenvalue weighted by Gasteiger charge is 2.08. The minimum absolute atomic E-state index is 0. The molecule has 0 fully saturated rings. The van der Waals surface area contributed by atoms with Crippen LogP contribution in [0.3, 0.4) is 0 Å². The van der Waals surface area contributed by atoms with Crippen LogP contribution in [0.2, 0.25) is 0 Å². The number of hydrogen-bond acceptors (Lipinski definition) is 3. The summed E-state index contributed by atoms with van der Waals surface area (Å²) in [5, 5.41) is 12.1. The van der Waals surface area contributed by atoms with E-state index in [-0.39, 0.29) is 34.0 Å². The average molecular weight is 934 g/mol. The van der Waals surface area contributed by atoms with Gasteiger partial charge in [0.15, 0.2) is 0 Å². The number of imidazole rings is 4. The third-order valence-corrected chi connectivity index (χ3v) is 7.10. The summed E-state index contributed by atoms with van der Waals surface area (Å²) in [5.74, 6) is 0. The Morgan fingerprint density at radius 2 is 1.15 bits per heavy atom. The lowest BCUT2D eigenvalue weighted by Gasteiger charge is -2.00. The summed E-state index contributed by atoms with van der Waals surface area (Å²) >= 11 is 13.3. The maximum Gasteiger partial charge on any atom is 0.247 e. The van der Waals surface area contributed by atoms with Gasteiger partial charge in [0.1, 0.15) is 31.5 Å². The van der Waals surface area contributed by atoms with E-state index < -0.39 is 0 Å². The zero-order chi connectivity index (χ0) is 27.1. The number of alkyl halides is 4. The smallest absolute Gasteiger partial charge is 0.247 e. The molecule has 4 aromatic rings. The molecule has 0 bridgehead atoms. The van der Waals surface area contributed by atoms with Gasteiger partial charge in [0.05, 0.1) is 25.7 Å². The fraction of sp³-hybridized carbons (Fsp3) is 0.500. The number of aliphatic hydroxyl groups excluding tert-OH is 1. The second kappa shape index (κ2) is 27.8. The lowest BCUT2D eigenvalue weighted by atomic mass is 10.4. The highest BCUT2D eigenvalue weighted by atomic mass is 79.9. The van der Waals surface area contributed by atoms with Crippen molar-refractivity contribution in [3.8, 4) is 0 Å². The predicted octanol–water partition coefficient (Wildman–Crippen LogP) is -1.69. The van der Waals surface area contributed by atoms with Crippen LogP contribution < -0.4 is 43.1 Å². The van der Waals surface area contributed by atoms with E-state index in [1.54, 1.807) is 25.0 Å². The quantitative estimate of drug-likeness (QED) is 0.144. The summed E-state index contributed by atoms with van der Waals surface area (Å²) in [4.78, 5) is 7.86. The van der Waals surface area contributed by atoms with Crippen molar-refractivity contribution in [3.05, 3.63) is 74.9 Å². The van der Waals surface area contributed by atoms with Crippen molar-refractivity contribution in [2.24, 2.45) is 0 Å². The Balaban J connectivity index is 0. The molecule has 0 radical (unpaired) electrons. The normalized spacial score (nSPS) is 9.49. The Bertz CT molecular complexity index is 933. The van der Waals surface area contributed by atoms with Crippen LogP contribution in [0.25, 0.3) is 0 Å². The van der Waals surface area contributed by atoms with Crippen molar-refractivity contribution in [1.29, 1.82) is 0 Å². The van der Waals surface area contributed by atoms with E-state index in [9.17, 15) is 0 Å². The van der Waals surface area contributed by atoms with Gasteiger partial charge in [0.25, 0.3) is 0 Å². The molecule has 0 saturated heterocycles. The van der Waals surface area contributed by atoms with Gasteiger partial charge in [-0.05, 0) is 6.42 Å². The SMILES string of the molecule is BrCCBr.BrCCn1cc[n+](C[n+]2ccn(CCBr)c2)c1.CCCCO.[Br-].[Br-].c1cn(Cn2ccnc2)cn1. The molecule has 0 unspecified atom stereocenters. The number of rotatable bonds is 11. The highest BCUT2D eigenvalue weighted by Crippen LogP contribution is 1.91. The number of nitrogens with zero attached hydrogens (tertiary/aromatic N) is 8. The van der Waals surface area contributed by atoms with Crippen LogP contribution in [0.4, 0.5) is 0 Å². The van der Waals surface area contributed by atoms with Gasteiger partial charge in [-0.15, -0.1) is 0 Å². The van der Waals surface area contributed by atoms with Crippen LogP contribution >= 0.6 is 63.7 Å². The van der Waals surface area contributed by atoms with E-state index in [1.807, 2.05) is 21.5 Å². The monoisotopic (exact) mass is 928 g/mol. The lowest BCUT2D eigenvalue weighted by Crippen LogP contribution is -3.00. The topological polar surface area (TPSA) is 73.5 Å². The Morgan fingerprint density at radius 3 is 1.44 bits per heavy atom. The third-order valence-electron chi connectivity index (χ3n) is 4.53. The van der Waals surface area contributed by atoms with Gasteiger partial charge >= 0.3 is 0 Å². The first kappa shape index (κ1) is 40.8. The summed E-state index contributed by atoms with van der Waals surface area (Å²) in [6.07, 6.45) is 25.6. The molecule has 4 aromatic heterocycles. The molecule has 0 atom stereocenters. The molecule has 0 aliphatic rings. The van der Waals surface area contributed by atoms with Crippen LogP contribution in [0.5, 0.6) is 0 Å². The Morgan fingerprint density at radius 1 is 0.692 bits per heavy atom. The molecular formula is C24H38Br6N8O. The molecule has 39 heavy (non-hydrogen) atoms. The Kier molecular flexibility index (Phi) is 29.1. The number of aromatic nitrogens is 8. The molecule has 0 amide bonds. The number of hydrogen-bond donors (Lipinski definition) is 1. The lowest BCUT2D eigenvalue weighted by molar-refractivity contribution is -0.912. The summed E-state index contributed by atoms with van der Waals surface area (Å²) in [5.41, 5.74) is 0. The third kappa shape index (κ3) is 20.2. The van der Waals surface area contributed by atoms with E-state index >= 15 is 0 Å². The number of aliphatic hydroxyl groups is 1. The standard InChI is InChI=1S/C11H16Br2N4.C7H8N4.C4H10O.C2H4Br2.2BrH/c12-1-3-14-5-7-16(9-14)11-17-8-6-15(10-17)4-2-13;1-3-10(5-8-1)7-11-4-2-9-6-11;1-2-3-4-5;3-1-2-4;;/h5-10H,1-4,11H2;1-6H,7H2;5H,2-4H2,1H3;1-2H2;2*1H/q+2;;;;;/p-2. The number of aryl methyl sites for hydroxylation is 2. The summed E-state index contributed by atoms with van der Waals surface area (Å²) in [7, 11) is 0. The largest absolute Gasteiger partial charge is 1.00 e. The molecule has 9 nitrogen and oxygen atoms in total. The number of unbranched alkanes of at least 4 members (excludes halogenated alkanes) is 1. The molecule has 4 heterocycles. The van der Waals surface area contributed by atoms with E-state index in [2.05, 4.69) is 136 Å². The van der Waals surface area contributed by atoms with Crippen molar-refractivity contribution in [3.63, 3.8) is 0 Å². The van der Waals surface area contributed by atoms with Crippen molar-refractivity contribution in [1.82, 2.24) is 28.2 Å². The van der Waals surface area contributed by atoms with Crippen LogP contribution in [-0.2, 0) is 26.4 Å². The van der Waals surface area contributed by atoms with E-state index in [0.29, 0.717) is 6.61 Å². The van der Waals surface area contributed by atoms with E-state index in [1.165, 1.54) is 0 Å². The maximum atomic E-state index is 8.07. The Labute approximate surface area is 286 Å². The van der Waals surface area contributed by atoms with Crippen LogP contribution in [-0.4, -0.2) is 61.3 Å². The van der Waals surface area contributed by atoms with Crippen LogP contribution in [0, 0.1) is 0 Å². The van der Waals surface area contributed by atoms with Gasteiger partial charge in [0.2, 0.25) is 19.3 Å². The molecule has 0 aliphatic carbocycles. The van der Waals surface area contributed by atoms with Crippen molar-refractivity contribution >= 4 is 63.7 Å². The first-order chi connectivity index (χ1) is 18.1. The molecule has 1 N–H and O–H groups in total. The van der Waals surface area contributed by atoms with Crippen molar-refractivity contribution < 1.29 is 48.2 Å². The second-order valence-corrected chi connectivity index (χ2v) is 10.8. The first-order valence-corrected chi connectivity index (χ1v) is 16.4. The van der Waals surface area contributed by atoms with E-state index in [4.69, 9.17) is 5.11 Å². The average Bonchev–Trinajstić information content (AvgIpc) is 3.72. The minimum Gasteiger partial charge on any atom is -1.00 e. The maximum absolute atomic E-state index is 8.07. The van der Waals surface area contributed by atoms with Crippen LogP contribution in [0.15, 0.2) is 74.9 Å². The van der Waals surface area contributed by atoms with Gasteiger partial charge in [0, 0.05) is 52.7 Å². The highest BCUT2D eigenvalue weighted by molar-refractivity contribution is 9.12. The van der Waals surface area contributed by atoms with Gasteiger partial charge in [-0.3, -0.25) is 0 Å². The summed E-state index contributed by atoms with van der Waals surface area (Å²) in [6.45, 7) is 6.03. The zero-order valence-corrected chi connectivity index (χ0v) is 31.5.